The average Bonchev–Trinajstić information content (AvgIpc) is 3.03. The van der Waals surface area contributed by atoms with Gasteiger partial charge in [0.2, 0.25) is 0 Å². The molecule has 2 aromatic carbocycles. The van der Waals surface area contributed by atoms with Gasteiger partial charge >= 0.3 is 5.97 Å². The van der Waals surface area contributed by atoms with Gasteiger partial charge in [-0.2, -0.15) is 0 Å². The highest BCUT2D eigenvalue weighted by Gasteiger charge is 2.41. The third kappa shape index (κ3) is 3.78. The van der Waals surface area contributed by atoms with E-state index in [9.17, 15) is 20.1 Å². The smallest absolute Gasteiger partial charge is 0.309 e. The van der Waals surface area contributed by atoms with E-state index in [0.29, 0.717) is 17.7 Å². The Labute approximate surface area is 156 Å². The number of rotatable bonds is 6. The molecule has 0 radical (unpaired) electrons. The summed E-state index contributed by atoms with van der Waals surface area (Å²) in [5.74, 6) is -0.823. The highest BCUT2D eigenvalue weighted by molar-refractivity contribution is 5.75. The lowest BCUT2D eigenvalue weighted by atomic mass is 9.83. The fourth-order valence-corrected chi connectivity index (χ4v) is 3.35. The Kier molecular flexibility index (Phi) is 5.41. The molecule has 7 heteroatoms. The molecule has 0 amide bonds. The standard InChI is InChI=1S/C20H22O7/c1-25-17-8-11(3-5-15(17)21)7-13-14(10-27-20(13)24)19(23)12-4-6-16(22)18(9-12)26-2/h3-6,8-9,13-14,19,21-23H,7,10H2,1-2H3/t13?,14?,19-/m0/s1. The molecule has 1 aliphatic heterocycles. The predicted molar refractivity (Wildman–Crippen MR) is 95.9 cm³/mol. The number of cyclic esters (lactones) is 1. The van der Waals surface area contributed by atoms with Gasteiger partial charge in [0.15, 0.2) is 23.0 Å². The first-order valence-corrected chi connectivity index (χ1v) is 8.52. The van der Waals surface area contributed by atoms with E-state index >= 15 is 0 Å². The van der Waals surface area contributed by atoms with Crippen molar-refractivity contribution in [3.8, 4) is 23.0 Å². The summed E-state index contributed by atoms with van der Waals surface area (Å²) in [4.78, 5) is 12.2. The van der Waals surface area contributed by atoms with E-state index in [2.05, 4.69) is 0 Å². The van der Waals surface area contributed by atoms with Crippen molar-refractivity contribution in [2.75, 3.05) is 20.8 Å². The number of phenols is 2. The molecule has 1 saturated heterocycles. The topological polar surface area (TPSA) is 105 Å². The molecule has 144 valence electrons. The predicted octanol–water partition coefficient (Wildman–Crippen LogP) is 2.18. The van der Waals surface area contributed by atoms with E-state index in [1.54, 1.807) is 24.3 Å². The fourth-order valence-electron chi connectivity index (χ4n) is 3.35. The Morgan fingerprint density at radius 1 is 1.07 bits per heavy atom. The Morgan fingerprint density at radius 2 is 1.70 bits per heavy atom. The second kappa shape index (κ2) is 7.75. The molecule has 2 unspecified atom stereocenters. The third-order valence-electron chi connectivity index (χ3n) is 4.89. The molecule has 1 fully saturated rings. The number of esters is 1. The maximum Gasteiger partial charge on any atom is 0.309 e. The van der Waals surface area contributed by atoms with E-state index in [1.165, 1.54) is 26.4 Å². The summed E-state index contributed by atoms with van der Waals surface area (Å²) in [6.45, 7) is 0.100. The number of aliphatic hydroxyl groups excluding tert-OH is 1. The Morgan fingerprint density at radius 3 is 2.37 bits per heavy atom. The van der Waals surface area contributed by atoms with Crippen molar-refractivity contribution in [3.05, 3.63) is 47.5 Å². The number of hydrogen-bond acceptors (Lipinski definition) is 7. The summed E-state index contributed by atoms with van der Waals surface area (Å²) in [5, 5.41) is 30.3. The molecule has 1 heterocycles. The van der Waals surface area contributed by atoms with Gasteiger partial charge < -0.3 is 29.5 Å². The number of ether oxygens (including phenoxy) is 3. The molecular formula is C20H22O7. The quantitative estimate of drug-likeness (QED) is 0.666. The molecule has 3 rings (SSSR count). The number of phenolic OH excluding ortho intramolecular Hbond substituents is 2. The van der Waals surface area contributed by atoms with Crippen LogP contribution in [0.4, 0.5) is 0 Å². The van der Waals surface area contributed by atoms with Crippen LogP contribution in [0.2, 0.25) is 0 Å². The van der Waals surface area contributed by atoms with Crippen LogP contribution in [0.3, 0.4) is 0 Å². The zero-order chi connectivity index (χ0) is 19.6. The molecule has 3 atom stereocenters. The summed E-state index contributed by atoms with van der Waals surface area (Å²) in [5.41, 5.74) is 1.32. The lowest BCUT2D eigenvalue weighted by Gasteiger charge is -2.22. The number of aliphatic hydroxyl groups is 1. The molecule has 0 bridgehead atoms. The molecule has 0 aromatic heterocycles. The molecule has 3 N–H and O–H groups in total. The molecule has 27 heavy (non-hydrogen) atoms. The average molecular weight is 374 g/mol. The van der Waals surface area contributed by atoms with Crippen molar-refractivity contribution in [3.63, 3.8) is 0 Å². The lowest BCUT2D eigenvalue weighted by Crippen LogP contribution is -2.24. The van der Waals surface area contributed by atoms with Crippen LogP contribution >= 0.6 is 0 Å². The van der Waals surface area contributed by atoms with Crippen molar-refractivity contribution < 1.29 is 34.3 Å². The van der Waals surface area contributed by atoms with Crippen molar-refractivity contribution >= 4 is 5.97 Å². The summed E-state index contributed by atoms with van der Waals surface area (Å²) < 4.78 is 15.4. The number of methoxy groups -OCH3 is 2. The molecular weight excluding hydrogens is 352 g/mol. The van der Waals surface area contributed by atoms with E-state index in [0.717, 1.165) is 5.56 Å². The largest absolute Gasteiger partial charge is 0.504 e. The van der Waals surface area contributed by atoms with E-state index in [1.807, 2.05) is 0 Å². The Hall–Kier alpha value is -2.93. The molecule has 0 saturated carbocycles. The molecule has 0 spiro atoms. The Bertz CT molecular complexity index is 833. The van der Waals surface area contributed by atoms with Crippen LogP contribution in [0.1, 0.15) is 17.2 Å². The van der Waals surface area contributed by atoms with Gasteiger partial charge in [-0.15, -0.1) is 0 Å². The summed E-state index contributed by atoms with van der Waals surface area (Å²) in [7, 11) is 2.88. The Balaban J connectivity index is 1.83. The van der Waals surface area contributed by atoms with Crippen LogP contribution < -0.4 is 9.47 Å². The number of carbonyl (C=O) groups excluding carboxylic acids is 1. The van der Waals surface area contributed by atoms with E-state index < -0.39 is 17.9 Å². The molecule has 2 aromatic rings. The zero-order valence-corrected chi connectivity index (χ0v) is 15.1. The fraction of sp³-hybridized carbons (Fsp3) is 0.350. The van der Waals surface area contributed by atoms with Crippen LogP contribution in [0.25, 0.3) is 0 Å². The van der Waals surface area contributed by atoms with Crippen LogP contribution in [0.5, 0.6) is 23.0 Å². The van der Waals surface area contributed by atoms with Crippen molar-refractivity contribution in [2.24, 2.45) is 11.8 Å². The van der Waals surface area contributed by atoms with Crippen LogP contribution in [0.15, 0.2) is 36.4 Å². The van der Waals surface area contributed by atoms with Gasteiger partial charge in [0.1, 0.15) is 0 Å². The number of carbonyl (C=O) groups is 1. The van der Waals surface area contributed by atoms with Gasteiger partial charge in [-0.1, -0.05) is 12.1 Å². The second-order valence-corrected chi connectivity index (χ2v) is 6.49. The summed E-state index contributed by atoms with van der Waals surface area (Å²) in [6, 6.07) is 9.44. The minimum Gasteiger partial charge on any atom is -0.504 e. The number of aromatic hydroxyl groups is 2. The van der Waals surface area contributed by atoms with Gasteiger partial charge in [-0.25, -0.2) is 0 Å². The first-order valence-electron chi connectivity index (χ1n) is 8.52. The van der Waals surface area contributed by atoms with Gasteiger partial charge in [0.05, 0.1) is 32.8 Å². The van der Waals surface area contributed by atoms with Crippen molar-refractivity contribution in [2.45, 2.75) is 12.5 Å². The van der Waals surface area contributed by atoms with E-state index in [4.69, 9.17) is 14.2 Å². The van der Waals surface area contributed by atoms with Gasteiger partial charge in [0.25, 0.3) is 0 Å². The van der Waals surface area contributed by atoms with Gasteiger partial charge in [-0.3, -0.25) is 4.79 Å². The first-order chi connectivity index (χ1) is 12.9. The molecule has 7 nitrogen and oxygen atoms in total. The first kappa shape index (κ1) is 18.8. The minimum absolute atomic E-state index is 0.0167. The van der Waals surface area contributed by atoms with Crippen molar-refractivity contribution in [1.29, 1.82) is 0 Å². The summed E-state index contributed by atoms with van der Waals surface area (Å²) in [6.07, 6.45) is -0.623. The van der Waals surface area contributed by atoms with Crippen LogP contribution in [-0.2, 0) is 16.0 Å². The zero-order valence-electron chi connectivity index (χ0n) is 15.1. The number of hydrogen-bond donors (Lipinski definition) is 3. The maximum atomic E-state index is 12.2. The van der Waals surface area contributed by atoms with Crippen LogP contribution in [0, 0.1) is 11.8 Å². The van der Waals surface area contributed by atoms with Gasteiger partial charge in [-0.05, 0) is 41.8 Å². The normalized spacial score (nSPS) is 20.2. The molecule has 0 aliphatic carbocycles. The highest BCUT2D eigenvalue weighted by atomic mass is 16.5. The minimum atomic E-state index is -0.963. The van der Waals surface area contributed by atoms with E-state index in [-0.39, 0.29) is 29.8 Å². The third-order valence-corrected chi connectivity index (χ3v) is 4.89. The highest BCUT2D eigenvalue weighted by Crippen LogP contribution is 2.39. The maximum absolute atomic E-state index is 12.2. The van der Waals surface area contributed by atoms with Gasteiger partial charge in [0, 0.05) is 5.92 Å². The summed E-state index contributed by atoms with van der Waals surface area (Å²) >= 11 is 0. The van der Waals surface area contributed by atoms with Crippen molar-refractivity contribution in [1.82, 2.24) is 0 Å². The monoisotopic (exact) mass is 374 g/mol. The number of benzene rings is 2. The SMILES string of the molecule is COc1cc(CC2C(=O)OCC2[C@@H](O)c2ccc(O)c(OC)c2)ccc1O. The lowest BCUT2D eigenvalue weighted by molar-refractivity contribution is -0.141. The molecule has 1 aliphatic rings. The van der Waals surface area contributed by atoms with Crippen LogP contribution in [-0.4, -0.2) is 42.1 Å². The second-order valence-electron chi connectivity index (χ2n) is 6.49.